The highest BCUT2D eigenvalue weighted by atomic mass is 19.4. The van der Waals surface area contributed by atoms with Crippen LogP contribution in [0.3, 0.4) is 0 Å². The predicted molar refractivity (Wildman–Crippen MR) is 207 cm³/mol. The summed E-state index contributed by atoms with van der Waals surface area (Å²) in [5.41, 5.74) is 1.03. The number of phenols is 2. The maximum Gasteiger partial charge on any atom is 0.471 e. The van der Waals surface area contributed by atoms with E-state index in [1.54, 1.807) is 38.3 Å². The number of carbonyl (C=O) groups excluding carboxylic acids is 6. The van der Waals surface area contributed by atoms with E-state index in [4.69, 9.17) is 0 Å². The van der Waals surface area contributed by atoms with Crippen LogP contribution >= 0.6 is 0 Å². The third-order valence-electron chi connectivity index (χ3n) is 8.89. The first kappa shape index (κ1) is 50.6. The van der Waals surface area contributed by atoms with E-state index in [9.17, 15) is 65.3 Å². The summed E-state index contributed by atoms with van der Waals surface area (Å²) >= 11 is 0. The van der Waals surface area contributed by atoms with E-state index >= 15 is 0 Å². The SMILES string of the molecule is CC(C)C[C@H](NC(=O)C(F)(F)F)C(=O)N[C@@H](Cc1ccc(O)cc1)C(=O)NCCCCCCNC(=O)[C@H](Cc1ccc(O)cc1)NC(=O)[C@H](CC(C)C)NC(=O)C(F)(F)F. The fourth-order valence-corrected chi connectivity index (χ4v) is 5.86. The second-order valence-electron chi connectivity index (χ2n) is 15.2. The Morgan fingerprint density at radius 2 is 0.800 bits per heavy atom. The topological polar surface area (TPSA) is 215 Å². The molecule has 334 valence electrons. The minimum absolute atomic E-state index is 0.0549. The lowest BCUT2D eigenvalue weighted by atomic mass is 10.0. The van der Waals surface area contributed by atoms with Gasteiger partial charge in [-0.1, -0.05) is 64.8 Å². The third-order valence-corrected chi connectivity index (χ3v) is 8.89. The molecule has 2 rings (SSSR count). The van der Waals surface area contributed by atoms with Gasteiger partial charge in [-0.3, -0.25) is 28.8 Å². The number of halogens is 6. The first-order chi connectivity index (χ1) is 28.0. The number of nitrogens with one attached hydrogen (secondary N) is 6. The zero-order valence-corrected chi connectivity index (χ0v) is 33.8. The summed E-state index contributed by atoms with van der Waals surface area (Å²) in [6.07, 6.45) is -8.94. The van der Waals surface area contributed by atoms with Gasteiger partial charge < -0.3 is 42.1 Å². The summed E-state index contributed by atoms with van der Waals surface area (Å²) in [5, 5.41) is 32.9. The fourth-order valence-electron chi connectivity index (χ4n) is 5.86. The molecule has 0 aliphatic rings. The summed E-state index contributed by atoms with van der Waals surface area (Å²) in [6, 6.07) is 5.77. The fraction of sp³-hybridized carbons (Fsp3) is 0.550. The van der Waals surface area contributed by atoms with Gasteiger partial charge in [0, 0.05) is 25.9 Å². The molecule has 20 heteroatoms. The van der Waals surface area contributed by atoms with Crippen molar-refractivity contribution in [2.24, 2.45) is 11.8 Å². The summed E-state index contributed by atoms with van der Waals surface area (Å²) in [5.74, 6) is -8.57. The number of hydrogen-bond donors (Lipinski definition) is 8. The molecule has 60 heavy (non-hydrogen) atoms. The van der Waals surface area contributed by atoms with Crippen LogP contribution in [-0.4, -0.2) is 95.3 Å². The second-order valence-corrected chi connectivity index (χ2v) is 15.2. The van der Waals surface area contributed by atoms with Crippen molar-refractivity contribution in [2.75, 3.05) is 13.1 Å². The lowest BCUT2D eigenvalue weighted by Crippen LogP contribution is -2.56. The van der Waals surface area contributed by atoms with E-state index < -0.39 is 72.0 Å². The Morgan fingerprint density at radius 1 is 0.483 bits per heavy atom. The third kappa shape index (κ3) is 19.0. The molecule has 0 aliphatic heterocycles. The number of carbonyl (C=O) groups is 6. The Hall–Kier alpha value is -5.56. The van der Waals surface area contributed by atoms with Crippen molar-refractivity contribution < 1.29 is 65.3 Å². The monoisotopic (exact) mass is 860 g/mol. The zero-order chi connectivity index (χ0) is 45.2. The molecule has 2 aromatic carbocycles. The molecular formula is C40H54F6N6O8. The molecule has 0 heterocycles. The molecule has 4 atom stereocenters. The minimum atomic E-state index is -5.23. The van der Waals surface area contributed by atoms with Crippen molar-refractivity contribution in [3.8, 4) is 11.5 Å². The molecule has 0 saturated heterocycles. The Balaban J connectivity index is 1.99. The van der Waals surface area contributed by atoms with Crippen LogP contribution in [0.4, 0.5) is 26.3 Å². The highest BCUT2D eigenvalue weighted by Crippen LogP contribution is 2.19. The summed E-state index contributed by atoms with van der Waals surface area (Å²) < 4.78 is 78.0. The summed E-state index contributed by atoms with van der Waals surface area (Å²) in [6.45, 7) is 6.85. The van der Waals surface area contributed by atoms with Gasteiger partial charge >= 0.3 is 24.2 Å². The van der Waals surface area contributed by atoms with E-state index in [0.717, 1.165) is 0 Å². The number of unbranched alkanes of at least 4 members (excludes halogenated alkanes) is 3. The van der Waals surface area contributed by atoms with Crippen LogP contribution in [0.15, 0.2) is 48.5 Å². The molecular weight excluding hydrogens is 806 g/mol. The summed E-state index contributed by atoms with van der Waals surface area (Å²) in [7, 11) is 0. The van der Waals surface area contributed by atoms with Crippen molar-refractivity contribution in [1.29, 1.82) is 0 Å². The molecule has 2 aromatic rings. The number of rotatable bonds is 23. The van der Waals surface area contributed by atoms with Crippen molar-refractivity contribution in [3.63, 3.8) is 0 Å². The van der Waals surface area contributed by atoms with Crippen molar-refractivity contribution in [1.82, 2.24) is 31.9 Å². The smallest absolute Gasteiger partial charge is 0.471 e. The van der Waals surface area contributed by atoms with Crippen molar-refractivity contribution >= 4 is 35.4 Å². The molecule has 6 amide bonds. The van der Waals surface area contributed by atoms with E-state index in [-0.39, 0.29) is 62.1 Å². The number of hydrogen-bond acceptors (Lipinski definition) is 8. The Labute approximate surface area is 344 Å². The maximum absolute atomic E-state index is 13.3. The van der Waals surface area contributed by atoms with Gasteiger partial charge in [-0.25, -0.2) is 0 Å². The van der Waals surface area contributed by atoms with Crippen LogP contribution in [0.2, 0.25) is 0 Å². The van der Waals surface area contributed by atoms with E-state index in [2.05, 4.69) is 21.3 Å². The Bertz CT molecular complexity index is 1600. The molecule has 0 spiro atoms. The van der Waals surface area contributed by atoms with Crippen LogP contribution in [-0.2, 0) is 41.6 Å². The van der Waals surface area contributed by atoms with Crippen LogP contribution in [0.1, 0.15) is 77.3 Å². The van der Waals surface area contributed by atoms with E-state index in [0.29, 0.717) is 36.8 Å². The van der Waals surface area contributed by atoms with Gasteiger partial charge in [-0.05, 0) is 72.9 Å². The lowest BCUT2D eigenvalue weighted by Gasteiger charge is -2.25. The van der Waals surface area contributed by atoms with E-state index in [1.165, 1.54) is 48.5 Å². The predicted octanol–water partition coefficient (Wildman–Crippen LogP) is 3.83. The standard InChI is InChI=1S/C40H54F6N6O8/c1-23(2)19-29(51-37(59)39(41,42)43)35(57)49-31(21-25-9-13-27(53)14-10-25)33(55)47-17-7-5-6-8-18-48-34(56)32(22-26-11-15-28(54)16-12-26)50-36(58)30(20-24(3)4)52-38(60)40(44,45)46/h9-16,23-24,29-32,53-54H,5-8,17-22H2,1-4H3,(H,47,55)(H,48,56)(H,49,57)(H,50,58)(H,51,59)(H,52,60)/t29-,30-,31-,32-/m0/s1. The number of benzene rings is 2. The number of phenolic OH excluding ortho intramolecular Hbond substituents is 2. The molecule has 14 nitrogen and oxygen atoms in total. The number of amides is 6. The average molecular weight is 861 g/mol. The van der Waals surface area contributed by atoms with Gasteiger partial charge in [-0.15, -0.1) is 0 Å². The average Bonchev–Trinajstić information content (AvgIpc) is 3.14. The molecule has 8 N–H and O–H groups in total. The quantitative estimate of drug-likeness (QED) is 0.0606. The molecule has 0 radical (unpaired) electrons. The Morgan fingerprint density at radius 3 is 1.08 bits per heavy atom. The van der Waals surface area contributed by atoms with Crippen molar-refractivity contribution in [3.05, 3.63) is 59.7 Å². The molecule has 0 aromatic heterocycles. The number of alkyl halides is 6. The van der Waals surface area contributed by atoms with Gasteiger partial charge in [0.25, 0.3) is 0 Å². The van der Waals surface area contributed by atoms with Gasteiger partial charge in [-0.2, -0.15) is 26.3 Å². The first-order valence-corrected chi connectivity index (χ1v) is 19.4. The van der Waals surface area contributed by atoms with Crippen LogP contribution < -0.4 is 31.9 Å². The first-order valence-electron chi connectivity index (χ1n) is 19.4. The number of aromatic hydroxyl groups is 2. The maximum atomic E-state index is 13.3. The second kappa shape index (κ2) is 23.9. The summed E-state index contributed by atoms with van der Waals surface area (Å²) in [4.78, 5) is 76.1. The minimum Gasteiger partial charge on any atom is -0.508 e. The molecule has 0 aliphatic carbocycles. The molecule has 0 unspecified atom stereocenters. The highest BCUT2D eigenvalue weighted by Gasteiger charge is 2.42. The molecule has 0 saturated carbocycles. The van der Waals surface area contributed by atoms with Crippen LogP contribution in [0.25, 0.3) is 0 Å². The van der Waals surface area contributed by atoms with Gasteiger partial charge in [0.05, 0.1) is 0 Å². The normalized spacial score (nSPS) is 13.7. The van der Waals surface area contributed by atoms with Gasteiger partial charge in [0.2, 0.25) is 23.6 Å². The van der Waals surface area contributed by atoms with Crippen molar-refractivity contribution in [2.45, 2.75) is 116 Å². The van der Waals surface area contributed by atoms with Crippen LogP contribution in [0, 0.1) is 11.8 Å². The molecule has 0 bridgehead atoms. The lowest BCUT2D eigenvalue weighted by molar-refractivity contribution is -0.175. The van der Waals surface area contributed by atoms with E-state index in [1.807, 2.05) is 0 Å². The largest absolute Gasteiger partial charge is 0.508 e. The van der Waals surface area contributed by atoms with Crippen LogP contribution in [0.5, 0.6) is 11.5 Å². The zero-order valence-electron chi connectivity index (χ0n) is 33.8. The van der Waals surface area contributed by atoms with Gasteiger partial charge in [0.15, 0.2) is 0 Å². The van der Waals surface area contributed by atoms with Gasteiger partial charge in [0.1, 0.15) is 35.7 Å². The Kier molecular flexibility index (Phi) is 20.1. The molecule has 0 fully saturated rings. The highest BCUT2D eigenvalue weighted by molar-refractivity contribution is 5.94.